The summed E-state index contributed by atoms with van der Waals surface area (Å²) < 4.78 is 0. The minimum absolute atomic E-state index is 0. The molecular formula is C56H82NiO4S2. The fourth-order valence-corrected chi connectivity index (χ4v) is 11.9. The van der Waals surface area contributed by atoms with Gasteiger partial charge in [-0.3, -0.25) is 0 Å². The number of phenolic OH excluding ortho intramolecular Hbond substituents is 2. The van der Waals surface area contributed by atoms with E-state index >= 15 is 0 Å². The first-order chi connectivity index (χ1) is 27.8. The molecule has 0 saturated heterocycles. The second-order valence-electron chi connectivity index (χ2n) is 25.4. The third kappa shape index (κ3) is 17.5. The Hall–Kier alpha value is -2.73. The van der Waals surface area contributed by atoms with Gasteiger partial charge in [-0.2, -0.15) is 0 Å². The Kier molecular flexibility index (Phi) is 18.3. The van der Waals surface area contributed by atoms with Crippen LogP contribution in [0.15, 0.2) is 92.4 Å². The molecule has 0 unspecified atom stereocenters. The van der Waals surface area contributed by atoms with Gasteiger partial charge in [0.2, 0.25) is 0 Å². The third-order valence-corrected chi connectivity index (χ3v) is 13.4. The van der Waals surface area contributed by atoms with Gasteiger partial charge in [-0.1, -0.05) is 210 Å². The Bertz CT molecular complexity index is 1830. The van der Waals surface area contributed by atoms with Gasteiger partial charge < -0.3 is 20.4 Å². The van der Waals surface area contributed by atoms with Crippen LogP contribution in [0.2, 0.25) is 0 Å². The Balaban J connectivity index is 0.000000427. The molecule has 4 nitrogen and oxygen atoms in total. The van der Waals surface area contributed by atoms with Crippen molar-refractivity contribution < 1.29 is 36.9 Å². The van der Waals surface area contributed by atoms with Crippen molar-refractivity contribution in [1.29, 1.82) is 0 Å². The molecule has 0 bridgehead atoms. The van der Waals surface area contributed by atoms with E-state index < -0.39 is 0 Å². The Morgan fingerprint density at radius 3 is 0.794 bits per heavy atom. The number of rotatable bonds is 12. The van der Waals surface area contributed by atoms with E-state index in [1.54, 1.807) is 24.3 Å². The van der Waals surface area contributed by atoms with E-state index in [4.69, 9.17) is 0 Å². The van der Waals surface area contributed by atoms with Crippen LogP contribution in [0.25, 0.3) is 0 Å². The van der Waals surface area contributed by atoms with Crippen LogP contribution in [0.5, 0.6) is 23.0 Å². The molecule has 352 valence electrons. The summed E-state index contributed by atoms with van der Waals surface area (Å²) in [6.07, 6.45) is 4.09. The molecule has 7 heteroatoms. The number of phenols is 2. The zero-order valence-electron chi connectivity index (χ0n) is 42.6. The molecule has 63 heavy (non-hydrogen) atoms. The molecule has 0 spiro atoms. The summed E-state index contributed by atoms with van der Waals surface area (Å²) in [6, 6.07) is 22.9. The average molecular weight is 942 g/mol. The summed E-state index contributed by atoms with van der Waals surface area (Å²) in [5.74, 6) is 0.441. The van der Waals surface area contributed by atoms with E-state index in [-0.39, 0.29) is 82.8 Å². The second kappa shape index (κ2) is 20.4. The zero-order chi connectivity index (χ0) is 47.7. The van der Waals surface area contributed by atoms with Gasteiger partial charge in [-0.05, 0) is 128 Å². The SMILES string of the molecule is CC(C)(C)CC(C)(C)c1ccc(O)c(Sc2cc(C(C)(C)CC(C)(C)C)ccc2O)c1.CC(C)(C)CC(C)(C)c1ccc([O-])c(Sc2cc(C(C)(C)CC(C)(C)C)ccc2[O-])c1.[Ni+2]. The molecule has 0 radical (unpaired) electrons. The van der Waals surface area contributed by atoms with Gasteiger partial charge in [0, 0.05) is 9.79 Å². The molecule has 2 N–H and O–H groups in total. The van der Waals surface area contributed by atoms with Gasteiger partial charge in [0.1, 0.15) is 11.5 Å². The second-order valence-corrected chi connectivity index (χ2v) is 27.5. The van der Waals surface area contributed by atoms with E-state index in [1.165, 1.54) is 34.7 Å². The van der Waals surface area contributed by atoms with Gasteiger partial charge in [-0.15, -0.1) is 0 Å². The monoisotopic (exact) mass is 941 g/mol. The van der Waals surface area contributed by atoms with Crippen LogP contribution >= 0.6 is 23.5 Å². The first kappa shape index (κ1) is 56.4. The van der Waals surface area contributed by atoms with Crippen molar-refractivity contribution in [3.8, 4) is 23.0 Å². The number of hydrogen-bond acceptors (Lipinski definition) is 6. The molecule has 0 saturated carbocycles. The number of benzene rings is 4. The van der Waals surface area contributed by atoms with Gasteiger partial charge >= 0.3 is 16.5 Å². The van der Waals surface area contributed by atoms with E-state index in [1.807, 2.05) is 36.4 Å². The van der Waals surface area contributed by atoms with Crippen molar-refractivity contribution in [2.75, 3.05) is 0 Å². The molecule has 0 heterocycles. The molecule has 4 rings (SSSR count). The van der Waals surface area contributed by atoms with Crippen molar-refractivity contribution in [3.05, 3.63) is 95.1 Å². The normalized spacial score (nSPS) is 13.3. The largest absolute Gasteiger partial charge is 2.00 e. The summed E-state index contributed by atoms with van der Waals surface area (Å²) in [5, 5.41) is 46.4. The van der Waals surface area contributed by atoms with Gasteiger partial charge in [-0.25, -0.2) is 0 Å². The zero-order valence-corrected chi connectivity index (χ0v) is 45.2. The summed E-state index contributed by atoms with van der Waals surface area (Å²) in [6.45, 7) is 44.9. The fraction of sp³-hybridized carbons (Fsp3) is 0.571. The van der Waals surface area contributed by atoms with Gasteiger partial charge in [0.25, 0.3) is 0 Å². The van der Waals surface area contributed by atoms with Crippen molar-refractivity contribution in [2.45, 2.75) is 205 Å². The van der Waals surface area contributed by atoms with Crippen LogP contribution in [0, 0.1) is 21.7 Å². The summed E-state index contributed by atoms with van der Waals surface area (Å²) in [7, 11) is 0. The predicted octanol–water partition coefficient (Wildman–Crippen LogP) is 16.1. The molecule has 0 aliphatic carbocycles. The van der Waals surface area contributed by atoms with E-state index in [0.29, 0.717) is 9.79 Å². The molecule has 0 aliphatic rings. The fourth-order valence-electron chi connectivity index (χ4n) is 10.00. The predicted molar refractivity (Wildman–Crippen MR) is 265 cm³/mol. The summed E-state index contributed by atoms with van der Waals surface area (Å²) >= 11 is 2.75. The average Bonchev–Trinajstić information content (AvgIpc) is 3.04. The minimum atomic E-state index is -0.0574. The standard InChI is InChI=1S/2C28H42O2S.Ni/c2*1-25(2,3)17-27(7,8)19-11-13-21(29)23(15-19)31-24-16-20(12-14-22(24)30)28(9,10)18-26(4,5)6;/h2*11-16,29-30H,17-18H2,1-10H3;/q;;+2/p-2. The molecule has 0 aromatic heterocycles. The van der Waals surface area contributed by atoms with Crippen molar-refractivity contribution in [2.24, 2.45) is 21.7 Å². The van der Waals surface area contributed by atoms with Crippen molar-refractivity contribution in [3.63, 3.8) is 0 Å². The molecule has 4 aromatic carbocycles. The third-order valence-electron chi connectivity index (χ3n) is 11.3. The van der Waals surface area contributed by atoms with Crippen LogP contribution in [0.3, 0.4) is 0 Å². The van der Waals surface area contributed by atoms with Crippen molar-refractivity contribution in [1.82, 2.24) is 0 Å². The van der Waals surface area contributed by atoms with Crippen LogP contribution in [0.1, 0.15) is 186 Å². The first-order valence-electron chi connectivity index (χ1n) is 22.5. The molecular weight excluding hydrogens is 859 g/mol. The van der Waals surface area contributed by atoms with E-state index in [0.717, 1.165) is 46.6 Å². The van der Waals surface area contributed by atoms with Crippen LogP contribution in [-0.2, 0) is 38.2 Å². The van der Waals surface area contributed by atoms with E-state index in [9.17, 15) is 20.4 Å². The number of hydrogen-bond donors (Lipinski definition) is 2. The van der Waals surface area contributed by atoms with Gasteiger partial charge in [0.15, 0.2) is 0 Å². The van der Waals surface area contributed by atoms with Crippen LogP contribution in [0.4, 0.5) is 0 Å². The summed E-state index contributed by atoms with van der Waals surface area (Å²) in [4.78, 5) is 2.81. The molecule has 4 aromatic rings. The number of aromatic hydroxyl groups is 2. The smallest absolute Gasteiger partial charge is 0.872 e. The quantitative estimate of drug-likeness (QED) is 0.138. The Morgan fingerprint density at radius 1 is 0.349 bits per heavy atom. The van der Waals surface area contributed by atoms with Gasteiger partial charge in [0.05, 0.1) is 9.79 Å². The maximum absolute atomic E-state index is 12.6. The molecule has 0 fully saturated rings. The topological polar surface area (TPSA) is 86.6 Å². The molecule has 0 atom stereocenters. The maximum Gasteiger partial charge on any atom is 2.00 e. The summed E-state index contributed by atoms with van der Waals surface area (Å²) in [5.41, 5.74) is 5.32. The maximum atomic E-state index is 12.6. The molecule has 0 amide bonds. The Morgan fingerprint density at radius 2 is 0.556 bits per heavy atom. The van der Waals surface area contributed by atoms with E-state index in [2.05, 4.69) is 151 Å². The Labute approximate surface area is 403 Å². The van der Waals surface area contributed by atoms with Crippen molar-refractivity contribution >= 4 is 23.5 Å². The van der Waals surface area contributed by atoms with Crippen LogP contribution < -0.4 is 10.2 Å². The molecule has 0 aliphatic heterocycles. The minimum Gasteiger partial charge on any atom is -0.872 e. The van der Waals surface area contributed by atoms with Crippen LogP contribution in [-0.4, -0.2) is 10.2 Å². The first-order valence-corrected chi connectivity index (χ1v) is 24.1.